The predicted molar refractivity (Wildman–Crippen MR) is 62.5 cm³/mol. The number of unbranched alkanes of at least 4 members (excludes halogenated alkanes) is 2. The summed E-state index contributed by atoms with van der Waals surface area (Å²) >= 11 is 2.16. The highest BCUT2D eigenvalue weighted by Crippen LogP contribution is 2.21. The van der Waals surface area contributed by atoms with E-state index in [-0.39, 0.29) is 0 Å². The predicted octanol–water partition coefficient (Wildman–Crippen LogP) is 3.66. The van der Waals surface area contributed by atoms with Crippen molar-refractivity contribution >= 4 is 22.6 Å². The minimum atomic E-state index is -0.545. The second-order valence-electron chi connectivity index (χ2n) is 3.21. The van der Waals surface area contributed by atoms with Crippen LogP contribution in [0, 0.1) is 0 Å². The Hall–Kier alpha value is 0.430. The van der Waals surface area contributed by atoms with Crippen molar-refractivity contribution < 1.29 is 5.11 Å². The van der Waals surface area contributed by atoms with E-state index in [2.05, 4.69) is 29.5 Å². The molecular weight excluding hydrogens is 263 g/mol. The summed E-state index contributed by atoms with van der Waals surface area (Å²) < 4.78 is 1.91. The van der Waals surface area contributed by atoms with E-state index >= 15 is 0 Å². The van der Waals surface area contributed by atoms with Gasteiger partial charge in [-0.3, -0.25) is 0 Å². The lowest BCUT2D eigenvalue weighted by Crippen LogP contribution is -2.24. The first-order chi connectivity index (χ1) is 5.68. The van der Waals surface area contributed by atoms with E-state index in [1.165, 1.54) is 12.8 Å². The molecule has 2 heteroatoms. The van der Waals surface area contributed by atoms with Gasteiger partial charge in [-0.2, -0.15) is 0 Å². The first-order valence-electron chi connectivity index (χ1n) is 4.69. The summed E-state index contributed by atoms with van der Waals surface area (Å²) in [6, 6.07) is 0. The Bertz CT molecular complexity index is 134. The van der Waals surface area contributed by atoms with Gasteiger partial charge in [0.25, 0.3) is 0 Å². The molecule has 0 aromatic heterocycles. The van der Waals surface area contributed by atoms with E-state index in [1.54, 1.807) is 0 Å². The van der Waals surface area contributed by atoms with Gasteiger partial charge in [0.05, 0.1) is 5.60 Å². The Morgan fingerprint density at radius 2 is 2.00 bits per heavy atom. The lowest BCUT2D eigenvalue weighted by molar-refractivity contribution is 0.0748. The van der Waals surface area contributed by atoms with Crippen molar-refractivity contribution in [2.24, 2.45) is 0 Å². The van der Waals surface area contributed by atoms with Crippen LogP contribution in [0.2, 0.25) is 0 Å². The van der Waals surface area contributed by atoms with Gasteiger partial charge in [-0.05, 0) is 23.0 Å². The molecule has 0 bridgehead atoms. The van der Waals surface area contributed by atoms with Gasteiger partial charge in [-0.1, -0.05) is 55.7 Å². The number of hydrogen-bond acceptors (Lipinski definition) is 1. The first-order valence-corrected chi connectivity index (χ1v) is 5.93. The molecule has 0 aliphatic carbocycles. The molecule has 0 fully saturated rings. The zero-order valence-electron chi connectivity index (χ0n) is 8.02. The van der Waals surface area contributed by atoms with E-state index < -0.39 is 5.60 Å². The molecule has 0 radical (unpaired) electrons. The smallest absolute Gasteiger partial charge is 0.0832 e. The summed E-state index contributed by atoms with van der Waals surface area (Å²) in [6.07, 6.45) is 7.18. The number of aliphatic hydroxyl groups is 1. The number of hydrogen-bond donors (Lipinski definition) is 1. The molecule has 0 spiro atoms. The second-order valence-corrected chi connectivity index (χ2v) is 3.93. The molecule has 0 heterocycles. The van der Waals surface area contributed by atoms with Crippen LogP contribution in [-0.4, -0.2) is 10.7 Å². The van der Waals surface area contributed by atoms with Crippen LogP contribution < -0.4 is 0 Å². The quantitative estimate of drug-likeness (QED) is 0.582. The molecule has 0 saturated carbocycles. The van der Waals surface area contributed by atoms with Gasteiger partial charge in [-0.15, -0.1) is 0 Å². The maximum Gasteiger partial charge on any atom is 0.0832 e. The Morgan fingerprint density at radius 1 is 1.33 bits per heavy atom. The maximum atomic E-state index is 9.96. The van der Waals surface area contributed by atoms with E-state index in [1.807, 2.05) is 17.1 Å². The molecule has 0 amide bonds. The summed E-state index contributed by atoms with van der Waals surface area (Å²) in [7, 11) is 0. The van der Waals surface area contributed by atoms with E-state index in [0.29, 0.717) is 0 Å². The topological polar surface area (TPSA) is 20.2 Å². The highest BCUT2D eigenvalue weighted by Gasteiger charge is 2.19. The summed E-state index contributed by atoms with van der Waals surface area (Å²) in [6.45, 7) is 4.21. The molecule has 12 heavy (non-hydrogen) atoms. The zero-order chi connectivity index (χ0) is 9.45. The van der Waals surface area contributed by atoms with Crippen LogP contribution in [0.5, 0.6) is 0 Å². The lowest BCUT2D eigenvalue weighted by atomic mass is 9.94. The zero-order valence-corrected chi connectivity index (χ0v) is 10.2. The number of halogens is 1. The Labute approximate surface area is 89.4 Å². The van der Waals surface area contributed by atoms with Gasteiger partial charge in [0, 0.05) is 0 Å². The van der Waals surface area contributed by atoms with Gasteiger partial charge < -0.3 is 5.11 Å². The molecule has 72 valence electrons. The number of rotatable bonds is 6. The van der Waals surface area contributed by atoms with Crippen LogP contribution in [-0.2, 0) is 0 Å². The highest BCUT2D eigenvalue weighted by molar-refractivity contribution is 14.1. The van der Waals surface area contributed by atoms with Gasteiger partial charge >= 0.3 is 0 Å². The summed E-state index contributed by atoms with van der Waals surface area (Å²) in [5.41, 5.74) is -0.545. The lowest BCUT2D eigenvalue weighted by Gasteiger charge is -2.22. The summed E-state index contributed by atoms with van der Waals surface area (Å²) in [4.78, 5) is 0. The van der Waals surface area contributed by atoms with E-state index in [4.69, 9.17) is 0 Å². The minimum Gasteiger partial charge on any atom is -0.386 e. The summed E-state index contributed by atoms with van der Waals surface area (Å²) in [5, 5.41) is 9.96. The molecule has 0 saturated heterocycles. The molecule has 1 atom stereocenters. The van der Waals surface area contributed by atoms with Crippen LogP contribution in [0.1, 0.15) is 46.0 Å². The van der Waals surface area contributed by atoms with Crippen LogP contribution in [0.25, 0.3) is 0 Å². The molecule has 1 N–H and O–H groups in total. The molecule has 0 aromatic carbocycles. The largest absolute Gasteiger partial charge is 0.386 e. The van der Waals surface area contributed by atoms with Gasteiger partial charge in [0.1, 0.15) is 0 Å². The fourth-order valence-corrected chi connectivity index (χ4v) is 1.85. The molecule has 0 aliphatic heterocycles. The van der Waals surface area contributed by atoms with E-state index in [9.17, 15) is 5.11 Å². The van der Waals surface area contributed by atoms with Crippen molar-refractivity contribution in [3.63, 3.8) is 0 Å². The second kappa shape index (κ2) is 6.89. The fourth-order valence-electron chi connectivity index (χ4n) is 1.18. The van der Waals surface area contributed by atoms with Crippen LogP contribution in [0.15, 0.2) is 10.2 Å². The SMILES string of the molecule is CCCCCC(O)(C=CI)CC. The van der Waals surface area contributed by atoms with Crippen molar-refractivity contribution in [2.45, 2.75) is 51.6 Å². The van der Waals surface area contributed by atoms with Crippen LogP contribution in [0.3, 0.4) is 0 Å². The average molecular weight is 282 g/mol. The first kappa shape index (κ1) is 12.4. The van der Waals surface area contributed by atoms with Crippen molar-refractivity contribution in [1.82, 2.24) is 0 Å². The summed E-state index contributed by atoms with van der Waals surface area (Å²) in [5.74, 6) is 0. The molecule has 0 aliphatic rings. The Morgan fingerprint density at radius 3 is 2.42 bits per heavy atom. The molecule has 1 nitrogen and oxygen atoms in total. The maximum absolute atomic E-state index is 9.96. The Kier molecular flexibility index (Phi) is 7.14. The van der Waals surface area contributed by atoms with Gasteiger partial charge in [0.15, 0.2) is 0 Å². The monoisotopic (exact) mass is 282 g/mol. The van der Waals surface area contributed by atoms with Crippen molar-refractivity contribution in [1.29, 1.82) is 0 Å². The molecule has 0 aromatic rings. The third-order valence-corrected chi connectivity index (χ3v) is 2.56. The molecule has 1 unspecified atom stereocenters. The van der Waals surface area contributed by atoms with Crippen molar-refractivity contribution in [2.75, 3.05) is 0 Å². The third-order valence-electron chi connectivity index (χ3n) is 2.20. The van der Waals surface area contributed by atoms with Crippen LogP contribution >= 0.6 is 22.6 Å². The molecule has 0 rings (SSSR count). The van der Waals surface area contributed by atoms with Gasteiger partial charge in [-0.25, -0.2) is 0 Å². The minimum absolute atomic E-state index is 0.545. The van der Waals surface area contributed by atoms with Crippen molar-refractivity contribution in [3.8, 4) is 0 Å². The van der Waals surface area contributed by atoms with E-state index in [0.717, 1.165) is 19.3 Å². The average Bonchev–Trinajstić information content (AvgIpc) is 2.06. The van der Waals surface area contributed by atoms with Crippen molar-refractivity contribution in [3.05, 3.63) is 10.2 Å². The Balaban J connectivity index is 3.79. The highest BCUT2D eigenvalue weighted by atomic mass is 127. The normalized spacial score (nSPS) is 16.7. The standard InChI is InChI=1S/C10H19IO/c1-3-5-6-7-10(12,4-2)8-9-11/h8-9,12H,3-7H2,1-2H3. The molecular formula is C10H19IO. The van der Waals surface area contributed by atoms with Crippen LogP contribution in [0.4, 0.5) is 0 Å². The fraction of sp³-hybridized carbons (Fsp3) is 0.800. The van der Waals surface area contributed by atoms with Gasteiger partial charge in [0.2, 0.25) is 0 Å². The third kappa shape index (κ3) is 5.14.